The summed E-state index contributed by atoms with van der Waals surface area (Å²) >= 11 is 2.62. The van der Waals surface area contributed by atoms with E-state index < -0.39 is 16.9 Å². The van der Waals surface area contributed by atoms with Gasteiger partial charge < -0.3 is 9.15 Å². The summed E-state index contributed by atoms with van der Waals surface area (Å²) in [6, 6.07) is 11.3. The van der Waals surface area contributed by atoms with Crippen LogP contribution in [0.4, 0.5) is 5.69 Å². The van der Waals surface area contributed by atoms with E-state index in [1.165, 1.54) is 33.3 Å². The van der Waals surface area contributed by atoms with Crippen molar-refractivity contribution >= 4 is 40.4 Å². The molecule has 4 aromatic rings. The molecule has 0 unspecified atom stereocenters. The number of rotatable bonds is 6. The van der Waals surface area contributed by atoms with Crippen molar-refractivity contribution in [3.63, 3.8) is 0 Å². The summed E-state index contributed by atoms with van der Waals surface area (Å²) in [6.45, 7) is 5.45. The summed E-state index contributed by atoms with van der Waals surface area (Å²) < 4.78 is 13.0. The van der Waals surface area contributed by atoms with Crippen molar-refractivity contribution < 1.29 is 18.9 Å². The van der Waals surface area contributed by atoms with Crippen LogP contribution >= 0.6 is 22.7 Å². The van der Waals surface area contributed by atoms with Crippen molar-refractivity contribution in [2.45, 2.75) is 26.8 Å². The Kier molecular flexibility index (Phi) is 6.48. The predicted molar refractivity (Wildman–Crippen MR) is 140 cm³/mol. The second kappa shape index (κ2) is 9.75. The first-order valence-electron chi connectivity index (χ1n) is 11.4. The zero-order chi connectivity index (χ0) is 26.3. The maximum absolute atomic E-state index is 13.6. The van der Waals surface area contributed by atoms with Crippen LogP contribution in [-0.4, -0.2) is 22.1 Å². The maximum Gasteiger partial charge on any atom is 0.338 e. The van der Waals surface area contributed by atoms with Crippen LogP contribution in [0.5, 0.6) is 0 Å². The van der Waals surface area contributed by atoms with E-state index in [1.54, 1.807) is 51.1 Å². The maximum atomic E-state index is 13.6. The van der Waals surface area contributed by atoms with Crippen LogP contribution < -0.4 is 14.9 Å². The number of aryl methyl sites for hydroxylation is 1. The number of furan rings is 1. The van der Waals surface area contributed by atoms with E-state index in [-0.39, 0.29) is 17.9 Å². The normalized spacial score (nSPS) is 15.4. The third-order valence-corrected chi connectivity index (χ3v) is 7.75. The highest BCUT2D eigenvalue weighted by Gasteiger charge is 2.34. The standard InChI is InChI=1S/C26H21N3O6S2/c1-4-34-25(31)22-15(3)27-26-28(23(22)20-6-5-11-36-20)24(30)21(37-26)13-16-8-10-19(35-16)17-9-7-14(2)12-18(17)29(32)33/h5-13,23H,4H2,1-3H3/b21-13+/t23-/m1/s1. The molecular weight excluding hydrogens is 514 g/mol. The highest BCUT2D eigenvalue weighted by atomic mass is 32.1. The number of carbonyl (C=O) groups is 1. The molecule has 0 saturated heterocycles. The monoisotopic (exact) mass is 535 g/mol. The summed E-state index contributed by atoms with van der Waals surface area (Å²) in [7, 11) is 0. The number of aromatic nitrogens is 1. The third kappa shape index (κ3) is 4.47. The smallest absolute Gasteiger partial charge is 0.338 e. The number of nitrogens with zero attached hydrogens (tertiary/aromatic N) is 3. The third-order valence-electron chi connectivity index (χ3n) is 5.85. The zero-order valence-electron chi connectivity index (χ0n) is 20.1. The Morgan fingerprint density at radius 3 is 2.78 bits per heavy atom. The number of nitro groups is 1. The summed E-state index contributed by atoms with van der Waals surface area (Å²) in [5.74, 6) is 0.179. The summed E-state index contributed by atoms with van der Waals surface area (Å²) in [5.41, 5.74) is 1.56. The van der Waals surface area contributed by atoms with Crippen molar-refractivity contribution in [2.24, 2.45) is 4.99 Å². The largest absolute Gasteiger partial charge is 0.463 e. The van der Waals surface area contributed by atoms with Gasteiger partial charge in [-0.3, -0.25) is 19.5 Å². The lowest BCUT2D eigenvalue weighted by molar-refractivity contribution is -0.384. The van der Waals surface area contributed by atoms with E-state index in [2.05, 4.69) is 4.99 Å². The van der Waals surface area contributed by atoms with Gasteiger partial charge in [-0.25, -0.2) is 9.79 Å². The molecule has 4 heterocycles. The number of hydrogen-bond acceptors (Lipinski definition) is 9. The Morgan fingerprint density at radius 1 is 1.27 bits per heavy atom. The molecule has 1 atom stereocenters. The molecule has 0 saturated carbocycles. The van der Waals surface area contributed by atoms with Crippen molar-refractivity contribution in [1.82, 2.24) is 4.57 Å². The first-order valence-corrected chi connectivity index (χ1v) is 13.1. The predicted octanol–water partition coefficient (Wildman–Crippen LogP) is 4.34. The number of esters is 1. The number of carbonyl (C=O) groups excluding carboxylic acids is 1. The second-order valence-electron chi connectivity index (χ2n) is 8.30. The van der Waals surface area contributed by atoms with Crippen molar-refractivity contribution in [1.29, 1.82) is 0 Å². The number of nitro benzene ring substituents is 1. The molecule has 0 bridgehead atoms. The van der Waals surface area contributed by atoms with Gasteiger partial charge >= 0.3 is 5.97 Å². The van der Waals surface area contributed by atoms with Gasteiger partial charge in [0.15, 0.2) is 4.80 Å². The molecule has 37 heavy (non-hydrogen) atoms. The van der Waals surface area contributed by atoms with Gasteiger partial charge in [0, 0.05) is 17.0 Å². The molecule has 5 rings (SSSR count). The van der Waals surface area contributed by atoms with Crippen LogP contribution in [0.25, 0.3) is 17.4 Å². The zero-order valence-corrected chi connectivity index (χ0v) is 21.7. The van der Waals surface area contributed by atoms with Crippen molar-refractivity contribution in [2.75, 3.05) is 6.61 Å². The first-order chi connectivity index (χ1) is 17.8. The highest BCUT2D eigenvalue weighted by molar-refractivity contribution is 7.10. The number of ether oxygens (including phenoxy) is 1. The number of benzene rings is 1. The molecule has 11 heteroatoms. The molecule has 3 aromatic heterocycles. The quantitative estimate of drug-likeness (QED) is 0.206. The average molecular weight is 536 g/mol. The first kappa shape index (κ1) is 24.6. The Bertz CT molecular complexity index is 1740. The topological polar surface area (TPSA) is 117 Å². The lowest BCUT2D eigenvalue weighted by atomic mass is 10.0. The van der Waals surface area contributed by atoms with Crippen molar-refractivity contribution in [3.05, 3.63) is 105 Å². The van der Waals surface area contributed by atoms with E-state index in [0.29, 0.717) is 37.7 Å². The lowest BCUT2D eigenvalue weighted by Crippen LogP contribution is -2.39. The highest BCUT2D eigenvalue weighted by Crippen LogP contribution is 2.34. The Balaban J connectivity index is 1.62. The molecule has 0 aliphatic carbocycles. The SMILES string of the molecule is CCOC(=O)C1=C(C)N=c2s/c(=C/c3ccc(-c4ccc(C)cc4[N+](=O)[O-])o3)c(=O)n2[C@@H]1c1cccs1. The van der Waals surface area contributed by atoms with E-state index in [1.807, 2.05) is 17.5 Å². The molecule has 1 aliphatic rings. The van der Waals surface area contributed by atoms with Gasteiger partial charge in [-0.05, 0) is 56.0 Å². The number of thiophene rings is 1. The molecule has 0 amide bonds. The van der Waals surface area contributed by atoms with Gasteiger partial charge in [0.25, 0.3) is 11.2 Å². The van der Waals surface area contributed by atoms with Crippen LogP contribution in [0.1, 0.15) is 36.1 Å². The molecule has 0 radical (unpaired) electrons. The molecule has 188 valence electrons. The molecule has 1 aliphatic heterocycles. The van der Waals surface area contributed by atoms with Gasteiger partial charge in [-0.2, -0.15) is 0 Å². The van der Waals surface area contributed by atoms with Gasteiger partial charge in [0.1, 0.15) is 17.6 Å². The van der Waals surface area contributed by atoms with Crippen molar-refractivity contribution in [3.8, 4) is 11.3 Å². The number of hydrogen-bond donors (Lipinski definition) is 0. The number of allylic oxidation sites excluding steroid dienone is 1. The van der Waals surface area contributed by atoms with Crippen LogP contribution in [0, 0.1) is 17.0 Å². The van der Waals surface area contributed by atoms with Crippen LogP contribution in [0.2, 0.25) is 0 Å². The number of fused-ring (bicyclic) bond motifs is 1. The van der Waals surface area contributed by atoms with E-state index in [4.69, 9.17) is 9.15 Å². The Labute approximate surface area is 218 Å². The molecule has 0 N–H and O–H groups in total. The van der Waals surface area contributed by atoms with E-state index in [9.17, 15) is 19.7 Å². The minimum atomic E-state index is -0.653. The Hall–Kier alpha value is -4.09. The lowest BCUT2D eigenvalue weighted by Gasteiger charge is -2.23. The van der Waals surface area contributed by atoms with Crippen LogP contribution in [0.15, 0.2) is 73.3 Å². The molecule has 0 fully saturated rings. The fraction of sp³-hybridized carbons (Fsp3) is 0.192. The van der Waals surface area contributed by atoms with Gasteiger partial charge in [-0.1, -0.05) is 23.5 Å². The average Bonchev–Trinajstić information content (AvgIpc) is 3.60. The Morgan fingerprint density at radius 2 is 2.08 bits per heavy atom. The molecule has 1 aromatic carbocycles. The second-order valence-corrected chi connectivity index (χ2v) is 10.3. The summed E-state index contributed by atoms with van der Waals surface area (Å²) in [5, 5.41) is 13.4. The van der Waals surface area contributed by atoms with Crippen LogP contribution in [-0.2, 0) is 9.53 Å². The van der Waals surface area contributed by atoms with Gasteiger partial charge in [-0.15, -0.1) is 11.3 Å². The van der Waals surface area contributed by atoms with Gasteiger partial charge in [0.2, 0.25) is 0 Å². The summed E-state index contributed by atoms with van der Waals surface area (Å²) in [4.78, 5) is 43.4. The van der Waals surface area contributed by atoms with Crippen LogP contribution in [0.3, 0.4) is 0 Å². The molecular formula is C26H21N3O6S2. The fourth-order valence-electron chi connectivity index (χ4n) is 4.21. The summed E-state index contributed by atoms with van der Waals surface area (Å²) in [6.07, 6.45) is 1.59. The fourth-order valence-corrected chi connectivity index (χ4v) is 6.06. The minimum absolute atomic E-state index is 0.0572. The minimum Gasteiger partial charge on any atom is -0.463 e. The number of thiazole rings is 1. The van der Waals surface area contributed by atoms with E-state index >= 15 is 0 Å². The molecule has 0 spiro atoms. The molecule has 9 nitrogen and oxygen atoms in total. The van der Waals surface area contributed by atoms with E-state index in [0.717, 1.165) is 10.4 Å². The van der Waals surface area contributed by atoms with Gasteiger partial charge in [0.05, 0.1) is 32.9 Å².